The zero-order valence-electron chi connectivity index (χ0n) is 17.8. The number of rotatable bonds is 2. The summed E-state index contributed by atoms with van der Waals surface area (Å²) < 4.78 is 6.72. The van der Waals surface area contributed by atoms with E-state index >= 15 is 0 Å². The fourth-order valence-electron chi connectivity index (χ4n) is 6.12. The van der Waals surface area contributed by atoms with Crippen molar-refractivity contribution in [2.75, 3.05) is 0 Å². The van der Waals surface area contributed by atoms with Gasteiger partial charge in [0.2, 0.25) is 0 Å². The molecule has 0 aliphatic heterocycles. The normalized spacial score (nSPS) is 21.1. The van der Waals surface area contributed by atoms with E-state index in [0.717, 1.165) is 0 Å². The Morgan fingerprint density at radius 3 is 1.32 bits per heavy atom. The molecule has 0 fully saturated rings. The molecule has 2 atom stereocenters. The van der Waals surface area contributed by atoms with Crippen LogP contribution >= 0.6 is 24.8 Å². The Balaban J connectivity index is 0.00000140. The molecule has 0 nitrogen and oxygen atoms in total. The van der Waals surface area contributed by atoms with Crippen LogP contribution in [0.15, 0.2) is 59.7 Å². The van der Waals surface area contributed by atoms with Crippen LogP contribution in [0.25, 0.3) is 11.1 Å². The van der Waals surface area contributed by atoms with E-state index in [1.54, 1.807) is 22.3 Å². The molecule has 28 heavy (non-hydrogen) atoms. The summed E-state index contributed by atoms with van der Waals surface area (Å²) in [7, 11) is 0. The maximum Gasteiger partial charge on any atom is -0.147 e. The van der Waals surface area contributed by atoms with E-state index in [4.69, 9.17) is 0 Å². The van der Waals surface area contributed by atoms with Crippen LogP contribution in [0, 0.1) is 0 Å². The van der Waals surface area contributed by atoms with E-state index in [2.05, 4.69) is 92.4 Å². The van der Waals surface area contributed by atoms with E-state index in [-0.39, 0.29) is 24.8 Å². The summed E-state index contributed by atoms with van der Waals surface area (Å²) in [6.45, 7) is 11.9. The molecule has 0 bridgehead atoms. The second-order valence-corrected chi connectivity index (χ2v) is 40.1. The number of hydrogen-bond donors (Lipinski definition) is 0. The third-order valence-electron chi connectivity index (χ3n) is 7.30. The summed E-state index contributed by atoms with van der Waals surface area (Å²) in [4.78, 5) is 0. The largest absolute Gasteiger partial charge is 0.147 e. The molecule has 0 amide bonds. The average Bonchev–Trinajstić information content (AvgIpc) is 3.01. The van der Waals surface area contributed by atoms with Crippen molar-refractivity contribution in [1.82, 2.24) is 0 Å². The molecule has 0 N–H and O–H groups in total. The third-order valence-corrected chi connectivity index (χ3v) is 25.1. The Morgan fingerprint density at radius 2 is 0.964 bits per heavy atom. The minimum atomic E-state index is -3.24. The Labute approximate surface area is 185 Å². The first-order valence-electron chi connectivity index (χ1n) is 9.74. The first-order valence-corrected chi connectivity index (χ1v) is 23.4. The van der Waals surface area contributed by atoms with Crippen molar-refractivity contribution < 1.29 is 17.4 Å². The van der Waals surface area contributed by atoms with Crippen molar-refractivity contribution in [2.24, 2.45) is 0 Å². The van der Waals surface area contributed by atoms with Crippen LogP contribution in [0.1, 0.15) is 57.2 Å². The van der Waals surface area contributed by atoms with Gasteiger partial charge in [0.25, 0.3) is 0 Å². The first kappa shape index (κ1) is 23.9. The van der Waals surface area contributed by atoms with Gasteiger partial charge >= 0.3 is 162 Å². The predicted octanol–water partition coefficient (Wildman–Crippen LogP) is 7.26. The van der Waals surface area contributed by atoms with E-state index in [0.29, 0.717) is 7.25 Å². The minimum absolute atomic E-state index is 0. The molecule has 2 aromatic carbocycles. The number of fused-ring (bicyclic) bond motifs is 2. The van der Waals surface area contributed by atoms with Gasteiger partial charge in [-0.15, -0.1) is 24.8 Å². The van der Waals surface area contributed by atoms with Crippen LogP contribution in [0.3, 0.4) is 0 Å². The molecule has 2 aliphatic rings. The third kappa shape index (κ3) is 3.20. The van der Waals surface area contributed by atoms with Gasteiger partial charge in [-0.25, -0.2) is 0 Å². The quantitative estimate of drug-likeness (QED) is 0.373. The molecule has 0 aromatic heterocycles. The van der Waals surface area contributed by atoms with E-state index in [1.165, 1.54) is 22.3 Å². The van der Waals surface area contributed by atoms with Crippen molar-refractivity contribution in [1.29, 1.82) is 0 Å². The van der Waals surface area contributed by atoms with Gasteiger partial charge in [0, 0.05) is 0 Å². The van der Waals surface area contributed by atoms with Gasteiger partial charge in [-0.2, -0.15) is 0 Å². The van der Waals surface area contributed by atoms with Crippen LogP contribution in [-0.2, 0) is 17.4 Å². The second-order valence-electron chi connectivity index (χ2n) is 9.59. The molecule has 0 heterocycles. The Hall–Kier alpha value is -0.400. The predicted molar refractivity (Wildman–Crippen MR) is 130 cm³/mol. The van der Waals surface area contributed by atoms with Gasteiger partial charge in [-0.05, 0) is 0 Å². The number of allylic oxidation sites excluding steroid dienone is 4. The monoisotopic (exact) mass is 508 g/mol. The van der Waals surface area contributed by atoms with Gasteiger partial charge in [0.1, 0.15) is 0 Å². The minimum Gasteiger partial charge on any atom is -0.147 e. The van der Waals surface area contributed by atoms with Crippen LogP contribution in [0.4, 0.5) is 0 Å². The smallest absolute Gasteiger partial charge is 0.147 e. The molecule has 4 heteroatoms. The zero-order valence-corrected chi connectivity index (χ0v) is 23.3. The molecule has 4 rings (SSSR count). The molecule has 0 radical (unpaired) electrons. The van der Waals surface area contributed by atoms with Gasteiger partial charge in [-0.3, -0.25) is 0 Å². The molecular formula is C24H32Cl2SiZr. The van der Waals surface area contributed by atoms with Crippen molar-refractivity contribution in [3.63, 3.8) is 0 Å². The summed E-state index contributed by atoms with van der Waals surface area (Å²) in [5.74, 6) is 0. The molecule has 2 aliphatic carbocycles. The van der Waals surface area contributed by atoms with E-state index in [1.807, 2.05) is 0 Å². The van der Waals surface area contributed by atoms with Crippen molar-refractivity contribution >= 4 is 42.8 Å². The maximum atomic E-state index is 2.72. The Kier molecular flexibility index (Phi) is 6.56. The van der Waals surface area contributed by atoms with E-state index in [9.17, 15) is 0 Å². The van der Waals surface area contributed by atoms with Crippen molar-refractivity contribution in [2.45, 2.75) is 44.2 Å². The van der Waals surface area contributed by atoms with E-state index < -0.39 is 17.4 Å². The summed E-state index contributed by atoms with van der Waals surface area (Å²) in [6.07, 6.45) is 0. The van der Waals surface area contributed by atoms with Gasteiger partial charge in [-0.1, -0.05) is 0 Å². The maximum absolute atomic E-state index is 3.24. The fraction of sp³-hybridized carbons (Fsp3) is 0.333. The van der Waals surface area contributed by atoms with Gasteiger partial charge in [0.15, 0.2) is 0 Å². The summed E-state index contributed by atoms with van der Waals surface area (Å²) >= 11 is -3.24. The SMILES string of the molecule is CC1=C(C)[CH]([Zr]([CH3])([CH3])(=[SiH2])[CH]2C(C)=C(C)c3ccccc32)c2ccccc21.Cl.Cl. The molecule has 2 unspecified atom stereocenters. The molecule has 0 spiro atoms. The van der Waals surface area contributed by atoms with Crippen LogP contribution in [0.2, 0.25) is 9.26 Å². The van der Waals surface area contributed by atoms with Crippen molar-refractivity contribution in [3.8, 4) is 0 Å². The number of hydrogen-bond acceptors (Lipinski definition) is 0. The fourth-order valence-corrected chi connectivity index (χ4v) is 27.5. The van der Waals surface area contributed by atoms with Gasteiger partial charge < -0.3 is 0 Å². The second kappa shape index (κ2) is 7.69. The zero-order chi connectivity index (χ0) is 18.9. The average molecular weight is 511 g/mol. The molecule has 2 aromatic rings. The summed E-state index contributed by atoms with van der Waals surface area (Å²) in [5, 5.41) is 0. The van der Waals surface area contributed by atoms with Gasteiger partial charge in [0.05, 0.1) is 0 Å². The summed E-state index contributed by atoms with van der Waals surface area (Å²) in [6, 6.07) is 18.3. The number of benzene rings is 2. The van der Waals surface area contributed by atoms with Crippen LogP contribution in [-0.4, -0.2) is 6.88 Å². The molecular weight excluding hydrogens is 478 g/mol. The topological polar surface area (TPSA) is 0 Å². The number of halogens is 2. The summed E-state index contributed by atoms with van der Waals surface area (Å²) in [5.41, 5.74) is 12.5. The van der Waals surface area contributed by atoms with Crippen molar-refractivity contribution in [3.05, 3.63) is 81.9 Å². The molecule has 150 valence electrons. The van der Waals surface area contributed by atoms with Crippen LogP contribution in [0.5, 0.6) is 0 Å². The molecule has 0 saturated carbocycles. The Bertz CT molecular complexity index is 992. The van der Waals surface area contributed by atoms with Crippen LogP contribution < -0.4 is 0 Å². The Morgan fingerprint density at radius 1 is 0.643 bits per heavy atom. The first-order chi connectivity index (χ1) is 12.1. The molecule has 0 saturated heterocycles. The standard InChI is InChI=1S/2C11H11.2CH3.2ClH.H2Si.Zr/c2*1-8-7-10-5-3-4-6-11(10)9(8)2;;;;;;/h2*3-7H,1-2H3;2*1H3;2*1H;1H2;.